The first-order chi connectivity index (χ1) is 12.2. The van der Waals surface area contributed by atoms with Gasteiger partial charge in [-0.2, -0.15) is 0 Å². The van der Waals surface area contributed by atoms with Gasteiger partial charge in [0.25, 0.3) is 0 Å². The Hall–Kier alpha value is -1.53. The van der Waals surface area contributed by atoms with Crippen LogP contribution >= 0.6 is 0 Å². The summed E-state index contributed by atoms with van der Waals surface area (Å²) in [6.07, 6.45) is 2.58. The highest BCUT2D eigenvalue weighted by Crippen LogP contribution is 2.36. The van der Waals surface area contributed by atoms with Crippen molar-refractivity contribution in [1.82, 2.24) is 0 Å². The molecule has 0 N–H and O–H groups in total. The molecule has 1 aromatic rings. The highest BCUT2D eigenvalue weighted by molar-refractivity contribution is 6.62. The van der Waals surface area contributed by atoms with Crippen LogP contribution in [0.15, 0.2) is 24.3 Å². The fourth-order valence-electron chi connectivity index (χ4n) is 3.54. The van der Waals surface area contributed by atoms with Crippen LogP contribution in [0.25, 0.3) is 0 Å². The maximum absolute atomic E-state index is 11.4. The van der Waals surface area contributed by atoms with Gasteiger partial charge in [0.05, 0.1) is 18.3 Å². The second-order valence-electron chi connectivity index (χ2n) is 8.39. The molecular weight excluding hydrogens is 329 g/mol. The van der Waals surface area contributed by atoms with E-state index in [4.69, 9.17) is 14.0 Å². The molecule has 1 aromatic carbocycles. The van der Waals surface area contributed by atoms with Crippen molar-refractivity contribution in [2.75, 3.05) is 25.1 Å². The van der Waals surface area contributed by atoms with Crippen LogP contribution in [0.1, 0.15) is 47.0 Å². The summed E-state index contributed by atoms with van der Waals surface area (Å²) in [6, 6.07) is 8.47. The minimum atomic E-state index is -0.322. The molecule has 0 amide bonds. The van der Waals surface area contributed by atoms with Crippen LogP contribution in [0, 0.1) is 5.92 Å². The minimum absolute atomic E-state index is 0.102. The Balaban J connectivity index is 1.58. The average Bonchev–Trinajstić information content (AvgIpc) is 2.83. The van der Waals surface area contributed by atoms with Crippen molar-refractivity contribution in [3.8, 4) is 0 Å². The molecule has 6 heteroatoms. The van der Waals surface area contributed by atoms with Gasteiger partial charge in [-0.15, -0.1) is 0 Å². The van der Waals surface area contributed by atoms with Crippen molar-refractivity contribution in [1.29, 1.82) is 0 Å². The van der Waals surface area contributed by atoms with Gasteiger partial charge in [-0.3, -0.25) is 4.79 Å². The van der Waals surface area contributed by atoms with Crippen molar-refractivity contribution in [3.63, 3.8) is 0 Å². The van der Waals surface area contributed by atoms with Crippen LogP contribution < -0.4 is 10.4 Å². The van der Waals surface area contributed by atoms with Crippen LogP contribution in [0.2, 0.25) is 0 Å². The standard InChI is InChI=1S/C20H30BNO4/c1-19(2)20(3,4)26-21(25-19)16-6-8-17(9-7-16)22-12-10-15(11-13-22)14-18(23)24-5/h6-9,15H,10-14H2,1-5H3. The fraction of sp³-hybridized carbons (Fsp3) is 0.650. The van der Waals surface area contributed by atoms with E-state index >= 15 is 0 Å². The molecule has 2 saturated heterocycles. The Labute approximate surface area is 157 Å². The Morgan fingerprint density at radius 2 is 1.65 bits per heavy atom. The summed E-state index contributed by atoms with van der Waals surface area (Å²) < 4.78 is 17.0. The number of methoxy groups -OCH3 is 1. The normalized spacial score (nSPS) is 22.5. The second-order valence-corrected chi connectivity index (χ2v) is 8.39. The van der Waals surface area contributed by atoms with E-state index < -0.39 is 0 Å². The molecule has 0 radical (unpaired) electrons. The summed E-state index contributed by atoms with van der Waals surface area (Å²) in [7, 11) is 1.14. The monoisotopic (exact) mass is 359 g/mol. The molecule has 2 aliphatic rings. The number of anilines is 1. The molecule has 5 nitrogen and oxygen atoms in total. The number of rotatable bonds is 4. The second kappa shape index (κ2) is 7.24. The van der Waals surface area contributed by atoms with Gasteiger partial charge in [-0.05, 0) is 64.1 Å². The number of nitrogens with zero attached hydrogens (tertiary/aromatic N) is 1. The number of carbonyl (C=O) groups is 1. The lowest BCUT2D eigenvalue weighted by molar-refractivity contribution is -0.141. The van der Waals surface area contributed by atoms with E-state index in [0.717, 1.165) is 31.4 Å². The molecule has 0 spiro atoms. The SMILES string of the molecule is COC(=O)CC1CCN(c2ccc(B3OC(C)(C)C(C)(C)O3)cc2)CC1. The first-order valence-corrected chi connectivity index (χ1v) is 9.49. The molecule has 2 aliphatic heterocycles. The van der Waals surface area contributed by atoms with Gasteiger partial charge in [0, 0.05) is 25.2 Å². The molecule has 26 heavy (non-hydrogen) atoms. The molecule has 0 unspecified atom stereocenters. The molecule has 0 bridgehead atoms. The number of esters is 1. The maximum atomic E-state index is 11.4. The summed E-state index contributed by atoms with van der Waals surface area (Å²) >= 11 is 0. The molecular formula is C20H30BNO4. The van der Waals surface area contributed by atoms with E-state index in [1.807, 2.05) is 0 Å². The maximum Gasteiger partial charge on any atom is 0.494 e. The number of benzene rings is 1. The molecule has 142 valence electrons. The average molecular weight is 359 g/mol. The lowest BCUT2D eigenvalue weighted by atomic mass is 9.79. The van der Waals surface area contributed by atoms with Crippen molar-refractivity contribution in [3.05, 3.63) is 24.3 Å². The first kappa shape index (κ1) is 19.2. The largest absolute Gasteiger partial charge is 0.494 e. The van der Waals surface area contributed by atoms with E-state index in [2.05, 4.69) is 56.9 Å². The van der Waals surface area contributed by atoms with E-state index in [-0.39, 0.29) is 24.3 Å². The number of carbonyl (C=O) groups excluding carboxylic acids is 1. The van der Waals surface area contributed by atoms with Crippen molar-refractivity contribution in [2.45, 2.75) is 58.2 Å². The molecule has 0 aliphatic carbocycles. The van der Waals surface area contributed by atoms with E-state index in [1.54, 1.807) is 0 Å². The molecule has 0 saturated carbocycles. The Bertz CT molecular complexity index is 620. The number of hydrogen-bond acceptors (Lipinski definition) is 5. The summed E-state index contributed by atoms with van der Waals surface area (Å²) in [5.41, 5.74) is 1.62. The molecule has 3 rings (SSSR count). The van der Waals surface area contributed by atoms with Gasteiger partial charge in [-0.1, -0.05) is 12.1 Å². The highest BCUT2D eigenvalue weighted by Gasteiger charge is 2.51. The van der Waals surface area contributed by atoms with Crippen molar-refractivity contribution in [2.24, 2.45) is 5.92 Å². The Kier molecular flexibility index (Phi) is 5.36. The Morgan fingerprint density at radius 1 is 1.12 bits per heavy atom. The van der Waals surface area contributed by atoms with Crippen LogP contribution in [0.4, 0.5) is 5.69 Å². The van der Waals surface area contributed by atoms with Gasteiger partial charge < -0.3 is 18.9 Å². The highest BCUT2D eigenvalue weighted by atomic mass is 16.7. The predicted octanol–water partition coefficient (Wildman–Crippen LogP) is 2.77. The zero-order valence-electron chi connectivity index (χ0n) is 16.6. The van der Waals surface area contributed by atoms with Gasteiger partial charge >= 0.3 is 13.1 Å². The van der Waals surface area contributed by atoms with Gasteiger partial charge in [-0.25, -0.2) is 0 Å². The smallest absolute Gasteiger partial charge is 0.469 e. The quantitative estimate of drug-likeness (QED) is 0.611. The summed E-state index contributed by atoms with van der Waals surface area (Å²) in [5, 5.41) is 0. The lowest BCUT2D eigenvalue weighted by Gasteiger charge is -2.33. The third-order valence-corrected chi connectivity index (χ3v) is 6.08. The summed E-state index contributed by atoms with van der Waals surface area (Å²) in [5.74, 6) is 0.331. The first-order valence-electron chi connectivity index (χ1n) is 9.49. The van der Waals surface area contributed by atoms with E-state index in [0.29, 0.717) is 12.3 Å². The van der Waals surface area contributed by atoms with Crippen LogP contribution in [-0.2, 0) is 18.8 Å². The van der Waals surface area contributed by atoms with E-state index in [9.17, 15) is 4.79 Å². The number of ether oxygens (including phenoxy) is 1. The number of hydrogen-bond donors (Lipinski definition) is 0. The van der Waals surface area contributed by atoms with Gasteiger partial charge in [0.15, 0.2) is 0 Å². The van der Waals surface area contributed by atoms with Crippen LogP contribution in [0.5, 0.6) is 0 Å². The van der Waals surface area contributed by atoms with E-state index in [1.165, 1.54) is 12.8 Å². The summed E-state index contributed by atoms with van der Waals surface area (Å²) in [4.78, 5) is 13.8. The zero-order valence-corrected chi connectivity index (χ0v) is 16.6. The van der Waals surface area contributed by atoms with Crippen molar-refractivity contribution >= 4 is 24.2 Å². The molecule has 2 fully saturated rings. The van der Waals surface area contributed by atoms with Crippen LogP contribution in [-0.4, -0.2) is 44.5 Å². The zero-order chi connectivity index (χ0) is 18.9. The lowest BCUT2D eigenvalue weighted by Crippen LogP contribution is -2.41. The van der Waals surface area contributed by atoms with Crippen molar-refractivity contribution < 1.29 is 18.8 Å². The van der Waals surface area contributed by atoms with Gasteiger partial charge in [0.1, 0.15) is 0 Å². The molecule has 2 heterocycles. The summed E-state index contributed by atoms with van der Waals surface area (Å²) in [6.45, 7) is 10.2. The molecule has 0 atom stereocenters. The Morgan fingerprint density at radius 3 is 2.15 bits per heavy atom. The molecule has 0 aromatic heterocycles. The van der Waals surface area contributed by atoms with Crippen LogP contribution in [0.3, 0.4) is 0 Å². The predicted molar refractivity (Wildman–Crippen MR) is 104 cm³/mol. The number of piperidine rings is 1. The minimum Gasteiger partial charge on any atom is -0.469 e. The fourth-order valence-corrected chi connectivity index (χ4v) is 3.54. The third kappa shape index (κ3) is 3.91. The third-order valence-electron chi connectivity index (χ3n) is 6.08. The van der Waals surface area contributed by atoms with Gasteiger partial charge in [0.2, 0.25) is 0 Å². The topological polar surface area (TPSA) is 48.0 Å².